The van der Waals surface area contributed by atoms with E-state index in [9.17, 15) is 22.8 Å². The van der Waals surface area contributed by atoms with E-state index in [0.29, 0.717) is 43.1 Å². The van der Waals surface area contributed by atoms with Crippen molar-refractivity contribution in [3.8, 4) is 0 Å². The van der Waals surface area contributed by atoms with Gasteiger partial charge in [0.15, 0.2) is 0 Å². The van der Waals surface area contributed by atoms with E-state index in [4.69, 9.17) is 17.3 Å². The summed E-state index contributed by atoms with van der Waals surface area (Å²) in [5.74, 6) is -2.27. The molecule has 0 saturated carbocycles. The number of amides is 3. The molecule has 2 aromatic carbocycles. The molecule has 2 aromatic rings. The fourth-order valence-electron chi connectivity index (χ4n) is 5.54. The first-order valence-electron chi connectivity index (χ1n) is 14.5. The molecule has 234 valence electrons. The summed E-state index contributed by atoms with van der Waals surface area (Å²) in [6.07, 6.45) is 0.880. The summed E-state index contributed by atoms with van der Waals surface area (Å²) < 4.78 is 28.8. The van der Waals surface area contributed by atoms with Gasteiger partial charge in [-0.05, 0) is 48.6 Å². The number of halogens is 1. The first-order chi connectivity index (χ1) is 20.5. The van der Waals surface area contributed by atoms with Crippen molar-refractivity contribution in [2.45, 2.75) is 63.2 Å². The number of nitrogens with one attached hydrogen (secondary N) is 3. The summed E-state index contributed by atoms with van der Waals surface area (Å²) in [5, 5.41) is 6.56. The van der Waals surface area contributed by atoms with Crippen LogP contribution in [0.4, 0.5) is 0 Å². The molecule has 3 amide bonds. The smallest absolute Gasteiger partial charge is 0.243 e. The predicted molar refractivity (Wildman–Crippen MR) is 165 cm³/mol. The Kier molecular flexibility index (Phi) is 11.2. The van der Waals surface area contributed by atoms with Crippen LogP contribution in [0, 0.1) is 5.92 Å². The van der Waals surface area contributed by atoms with Gasteiger partial charge in [0.2, 0.25) is 27.7 Å². The van der Waals surface area contributed by atoms with Gasteiger partial charge in [-0.15, -0.1) is 0 Å². The summed E-state index contributed by atoms with van der Waals surface area (Å²) in [4.78, 5) is 43.8. The number of nitrogens with zero attached hydrogens (tertiary/aromatic N) is 2. The minimum Gasteiger partial charge on any atom is -0.350 e. The molecular formula is C30H41ClN6O5S. The molecular weight excluding hydrogens is 592 g/mol. The zero-order valence-corrected chi connectivity index (χ0v) is 26.2. The van der Waals surface area contributed by atoms with E-state index >= 15 is 0 Å². The Hall–Kier alpha value is -3.03. The number of hydrogen-bond donors (Lipinski definition) is 4. The van der Waals surface area contributed by atoms with Gasteiger partial charge in [-0.2, -0.15) is 0 Å². The van der Waals surface area contributed by atoms with E-state index in [-0.39, 0.29) is 43.1 Å². The van der Waals surface area contributed by atoms with Gasteiger partial charge >= 0.3 is 0 Å². The number of sulfonamides is 1. The number of benzene rings is 2. The Labute approximate surface area is 258 Å². The summed E-state index contributed by atoms with van der Waals surface area (Å²) in [6.45, 7) is 3.73. The van der Waals surface area contributed by atoms with Crippen LogP contribution in [0.2, 0.25) is 5.02 Å². The standard InChI is InChI=1S/C30H41ClN6O5S/c1-20(35-43(41,42)19-21-7-4-3-5-8-21)26(14-28(38)36(2)25-17-33-18-25)30(40)37-12-6-9-27(37)29(39)34-16-23-13-24(31)11-10-22(23)15-32/h3-5,7-8,10-11,13,20,25-27,33,35H,6,9,12,14-19,32H2,1-2H3,(H,34,39). The lowest BCUT2D eigenvalue weighted by Crippen LogP contribution is -2.58. The van der Waals surface area contributed by atoms with Gasteiger partial charge in [0, 0.05) is 57.3 Å². The van der Waals surface area contributed by atoms with Gasteiger partial charge in [0.1, 0.15) is 6.04 Å². The molecule has 2 aliphatic rings. The van der Waals surface area contributed by atoms with Gasteiger partial charge in [0.05, 0.1) is 17.7 Å². The van der Waals surface area contributed by atoms with Crippen molar-refractivity contribution in [1.82, 2.24) is 25.2 Å². The summed E-state index contributed by atoms with van der Waals surface area (Å²) >= 11 is 6.14. The van der Waals surface area contributed by atoms with Gasteiger partial charge in [-0.25, -0.2) is 13.1 Å². The van der Waals surface area contributed by atoms with E-state index in [1.165, 1.54) is 4.90 Å². The van der Waals surface area contributed by atoms with Crippen LogP contribution in [0.15, 0.2) is 48.5 Å². The number of nitrogens with two attached hydrogens (primary N) is 1. The molecule has 3 unspecified atom stereocenters. The summed E-state index contributed by atoms with van der Waals surface area (Å²) in [7, 11) is -2.15. The minimum atomic E-state index is -3.84. The van der Waals surface area contributed by atoms with Crippen LogP contribution >= 0.6 is 11.6 Å². The van der Waals surface area contributed by atoms with E-state index < -0.39 is 33.9 Å². The van der Waals surface area contributed by atoms with Crippen LogP contribution in [0.25, 0.3) is 0 Å². The highest BCUT2D eigenvalue weighted by Gasteiger charge is 2.41. The molecule has 0 aliphatic carbocycles. The van der Waals surface area contributed by atoms with Gasteiger partial charge in [-0.3, -0.25) is 14.4 Å². The molecule has 2 heterocycles. The topological polar surface area (TPSA) is 154 Å². The Morgan fingerprint density at radius 2 is 1.86 bits per heavy atom. The first kappa shape index (κ1) is 32.9. The normalized spacial score (nSPS) is 18.5. The van der Waals surface area contributed by atoms with E-state index in [1.807, 2.05) is 6.07 Å². The molecule has 0 aromatic heterocycles. The third kappa shape index (κ3) is 8.54. The van der Waals surface area contributed by atoms with Crippen molar-refractivity contribution >= 4 is 39.3 Å². The molecule has 0 radical (unpaired) electrons. The highest BCUT2D eigenvalue weighted by atomic mass is 35.5. The van der Waals surface area contributed by atoms with Crippen molar-refractivity contribution in [2.75, 3.05) is 26.7 Å². The Morgan fingerprint density at radius 1 is 1.14 bits per heavy atom. The fraction of sp³-hybridized carbons (Fsp3) is 0.500. The van der Waals surface area contributed by atoms with Gasteiger partial charge in [-0.1, -0.05) is 48.0 Å². The van der Waals surface area contributed by atoms with Crippen LogP contribution in [-0.4, -0.2) is 80.7 Å². The maximum absolute atomic E-state index is 14.1. The third-order valence-electron chi connectivity index (χ3n) is 8.26. The molecule has 3 atom stereocenters. The molecule has 43 heavy (non-hydrogen) atoms. The molecule has 2 aliphatic heterocycles. The predicted octanol–water partition coefficient (Wildman–Crippen LogP) is 1.35. The second-order valence-corrected chi connectivity index (χ2v) is 13.5. The number of rotatable bonds is 13. The van der Waals surface area contributed by atoms with Gasteiger partial charge < -0.3 is 26.2 Å². The molecule has 2 fully saturated rings. The summed E-state index contributed by atoms with van der Waals surface area (Å²) in [5.41, 5.74) is 8.08. The second kappa shape index (κ2) is 14.6. The summed E-state index contributed by atoms with van der Waals surface area (Å²) in [6, 6.07) is 12.4. The lowest BCUT2D eigenvalue weighted by Gasteiger charge is -2.37. The van der Waals surface area contributed by atoms with Crippen LogP contribution in [-0.2, 0) is 43.2 Å². The zero-order chi connectivity index (χ0) is 31.1. The van der Waals surface area contributed by atoms with Crippen molar-refractivity contribution in [1.29, 1.82) is 0 Å². The Morgan fingerprint density at radius 3 is 2.51 bits per heavy atom. The molecule has 0 spiro atoms. The maximum atomic E-state index is 14.1. The van der Waals surface area contributed by atoms with E-state index in [2.05, 4.69) is 15.4 Å². The highest BCUT2D eigenvalue weighted by molar-refractivity contribution is 7.88. The first-order valence-corrected chi connectivity index (χ1v) is 16.6. The monoisotopic (exact) mass is 632 g/mol. The van der Waals surface area contributed by atoms with Crippen molar-refractivity contribution in [3.05, 3.63) is 70.2 Å². The molecule has 0 bridgehead atoms. The third-order valence-corrected chi connectivity index (χ3v) is 9.94. The van der Waals surface area contributed by atoms with Crippen LogP contribution in [0.5, 0.6) is 0 Å². The molecule has 5 N–H and O–H groups in total. The number of carbonyl (C=O) groups is 3. The molecule has 13 heteroatoms. The van der Waals surface area contributed by atoms with Crippen molar-refractivity contribution in [3.63, 3.8) is 0 Å². The van der Waals surface area contributed by atoms with Crippen LogP contribution in [0.3, 0.4) is 0 Å². The number of carbonyl (C=O) groups excluding carboxylic acids is 3. The van der Waals surface area contributed by atoms with Crippen LogP contribution in [0.1, 0.15) is 42.9 Å². The Balaban J connectivity index is 1.50. The number of hydrogen-bond acceptors (Lipinski definition) is 7. The SMILES string of the molecule is CC(NS(=O)(=O)Cc1ccccc1)C(CC(=O)N(C)C1CNC1)C(=O)N1CCCC1C(=O)NCc1cc(Cl)ccc1CN. The van der Waals surface area contributed by atoms with Gasteiger partial charge in [0.25, 0.3) is 0 Å². The fourth-order valence-corrected chi connectivity index (χ4v) is 7.18. The largest absolute Gasteiger partial charge is 0.350 e. The Bertz CT molecular complexity index is 1410. The second-order valence-electron chi connectivity index (χ2n) is 11.3. The lowest BCUT2D eigenvalue weighted by molar-refractivity contribution is -0.145. The highest BCUT2D eigenvalue weighted by Crippen LogP contribution is 2.25. The maximum Gasteiger partial charge on any atom is 0.243 e. The number of likely N-dealkylation sites (tertiary alicyclic amines) is 1. The minimum absolute atomic E-state index is 0.0172. The van der Waals surface area contributed by atoms with Crippen LogP contribution < -0.4 is 21.1 Å². The van der Waals surface area contributed by atoms with Crippen molar-refractivity contribution in [2.24, 2.45) is 11.7 Å². The zero-order valence-electron chi connectivity index (χ0n) is 24.6. The molecule has 11 nitrogen and oxygen atoms in total. The van der Waals surface area contributed by atoms with Crippen molar-refractivity contribution < 1.29 is 22.8 Å². The molecule has 4 rings (SSSR count). The van der Waals surface area contributed by atoms with E-state index in [0.717, 1.165) is 11.1 Å². The average Bonchev–Trinajstić information content (AvgIpc) is 3.43. The number of likely N-dealkylation sites (N-methyl/N-ethyl adjacent to an activating group) is 1. The molecule has 2 saturated heterocycles. The quantitative estimate of drug-likeness (QED) is 0.260. The lowest BCUT2D eigenvalue weighted by atomic mass is 9.94. The average molecular weight is 633 g/mol. The van der Waals surface area contributed by atoms with E-state index in [1.54, 1.807) is 61.3 Å².